The van der Waals surface area contributed by atoms with Crippen molar-refractivity contribution in [3.05, 3.63) is 81.9 Å². The third-order valence-electron chi connectivity index (χ3n) is 7.18. The number of hydrogen-bond acceptors (Lipinski definition) is 6. The van der Waals surface area contributed by atoms with Crippen molar-refractivity contribution in [1.82, 2.24) is 19.3 Å². The van der Waals surface area contributed by atoms with E-state index in [2.05, 4.69) is 10.3 Å². The number of nitrogens with zero attached hydrogens (tertiary/aromatic N) is 4. The molecule has 7 rings (SSSR count). The first kappa shape index (κ1) is 23.6. The summed E-state index contributed by atoms with van der Waals surface area (Å²) in [6, 6.07) is 15.5. The number of carboxylic acids is 1. The Bertz CT molecular complexity index is 1570. The van der Waals surface area contributed by atoms with Crippen molar-refractivity contribution in [3.63, 3.8) is 0 Å². The van der Waals surface area contributed by atoms with E-state index in [0.717, 1.165) is 44.4 Å². The molecule has 1 N–H and O–H groups in total. The Morgan fingerprint density at radius 1 is 1.11 bits per heavy atom. The number of ether oxygens (including phenoxy) is 1. The lowest BCUT2D eigenvalue weighted by Crippen LogP contribution is -2.32. The Hall–Kier alpha value is -3.76. The van der Waals surface area contributed by atoms with Gasteiger partial charge in [-0.05, 0) is 65.9 Å². The van der Waals surface area contributed by atoms with Crippen LogP contribution >= 0.6 is 0 Å². The van der Waals surface area contributed by atoms with Crippen LogP contribution in [0.5, 0.6) is 11.5 Å². The van der Waals surface area contributed by atoms with Gasteiger partial charge < -0.3 is 14.0 Å². The van der Waals surface area contributed by atoms with Crippen LogP contribution in [0.4, 0.5) is 0 Å². The third kappa shape index (κ3) is 4.36. The number of benzene rings is 3. The van der Waals surface area contributed by atoms with Crippen LogP contribution in [0, 0.1) is 13.8 Å². The fourth-order valence-corrected chi connectivity index (χ4v) is 6.07. The van der Waals surface area contributed by atoms with E-state index in [1.54, 1.807) is 15.1 Å². The summed E-state index contributed by atoms with van der Waals surface area (Å²) in [5.74, 6) is 0.0255. The molecule has 9 nitrogen and oxygen atoms in total. The van der Waals surface area contributed by atoms with E-state index in [1.807, 2.05) is 56.3 Å². The Balaban J connectivity index is 1.51. The lowest BCUT2D eigenvalue weighted by molar-refractivity contribution is -0.137. The van der Waals surface area contributed by atoms with Gasteiger partial charge in [0.15, 0.2) is 0 Å². The van der Waals surface area contributed by atoms with Crippen molar-refractivity contribution >= 4 is 28.3 Å². The lowest BCUT2D eigenvalue weighted by atomic mass is 9.84. The molecule has 3 aliphatic heterocycles. The van der Waals surface area contributed by atoms with Gasteiger partial charge in [-0.3, -0.25) is 4.79 Å². The maximum absolute atomic E-state index is 12.9. The summed E-state index contributed by atoms with van der Waals surface area (Å²) in [7, 11) is 0. The number of carboxylic acid groups (broad SMARTS) is 1. The van der Waals surface area contributed by atoms with Crippen LogP contribution in [0.3, 0.4) is 0 Å². The molecule has 0 aliphatic carbocycles. The fraction of sp³-hybridized carbons (Fsp3) is 0.296. The maximum Gasteiger partial charge on any atom is 0.304 e. The Kier molecular flexibility index (Phi) is 5.92. The zero-order valence-electron chi connectivity index (χ0n) is 20.5. The summed E-state index contributed by atoms with van der Waals surface area (Å²) in [6.45, 7) is 5.68. The molecule has 0 amide bonds. The minimum Gasteiger partial charge on any atom is -0.492 e. The highest BCUT2D eigenvalue weighted by Gasteiger charge is 2.27. The van der Waals surface area contributed by atoms with E-state index in [4.69, 9.17) is 8.92 Å². The van der Waals surface area contributed by atoms with E-state index in [-0.39, 0.29) is 12.3 Å². The standard InChI is InChI=1S/C27H26N4O5S/c1-16-3-4-18-11-19(16)14-30-15-20-12-21(5-8-25(20)36-37(30)34)35-10-9-31-24-7-6-22(23(18)13-26(32)33)17(2)27(24)28-29-31/h3-8,11-12,23H,9-10,13-15H2,1-2H3,(H,32,33). The summed E-state index contributed by atoms with van der Waals surface area (Å²) in [4.78, 5) is 11.9. The van der Waals surface area contributed by atoms with Gasteiger partial charge in [-0.1, -0.05) is 29.5 Å². The molecular weight excluding hydrogens is 492 g/mol. The van der Waals surface area contributed by atoms with E-state index in [0.29, 0.717) is 37.7 Å². The lowest BCUT2D eigenvalue weighted by Gasteiger charge is -2.28. The zero-order valence-corrected chi connectivity index (χ0v) is 21.3. The van der Waals surface area contributed by atoms with E-state index in [1.165, 1.54) is 0 Å². The molecule has 10 heteroatoms. The minimum absolute atomic E-state index is 0.0638. The monoisotopic (exact) mass is 518 g/mol. The first-order valence-corrected chi connectivity index (χ1v) is 13.2. The highest BCUT2D eigenvalue weighted by molar-refractivity contribution is 7.78. The summed E-state index contributed by atoms with van der Waals surface area (Å²) in [6.07, 6.45) is -0.0638. The summed E-state index contributed by atoms with van der Waals surface area (Å²) in [5, 5.41) is 18.6. The first-order valence-electron chi connectivity index (χ1n) is 12.1. The molecule has 4 aromatic rings. The molecule has 3 atom stereocenters. The molecule has 0 saturated carbocycles. The normalized spacial score (nSPS) is 20.9. The number of carbonyl (C=O) groups is 1. The van der Waals surface area contributed by atoms with Gasteiger partial charge in [0, 0.05) is 24.6 Å². The SMILES string of the molecule is Cc1ccc2cc1CN1Cc3cc(ccc3OS1=O)OCCn1nnc3c(C)c(ccc31)C2CC(=O)O. The van der Waals surface area contributed by atoms with Crippen molar-refractivity contribution in [1.29, 1.82) is 0 Å². The average Bonchev–Trinajstić information content (AvgIpc) is 3.28. The molecule has 37 heavy (non-hydrogen) atoms. The number of aliphatic carboxylic acids is 1. The maximum atomic E-state index is 12.9. The van der Waals surface area contributed by atoms with Crippen molar-refractivity contribution in [2.24, 2.45) is 0 Å². The second-order valence-electron chi connectivity index (χ2n) is 9.51. The smallest absolute Gasteiger partial charge is 0.304 e. The van der Waals surface area contributed by atoms with Gasteiger partial charge in [0.2, 0.25) is 0 Å². The summed E-state index contributed by atoms with van der Waals surface area (Å²) >= 11 is -1.65. The molecule has 3 unspecified atom stereocenters. The first-order chi connectivity index (χ1) is 17.9. The molecule has 0 saturated heterocycles. The van der Waals surface area contributed by atoms with Gasteiger partial charge in [-0.25, -0.2) is 4.68 Å². The Labute approximate surface area is 216 Å². The van der Waals surface area contributed by atoms with Gasteiger partial charge in [-0.2, -0.15) is 8.51 Å². The topological polar surface area (TPSA) is 107 Å². The molecule has 3 aromatic carbocycles. The minimum atomic E-state index is -1.65. The number of fused-ring (bicyclic) bond motifs is 3. The van der Waals surface area contributed by atoms with Crippen LogP contribution in [0.2, 0.25) is 0 Å². The number of aryl methyl sites for hydroxylation is 2. The largest absolute Gasteiger partial charge is 0.492 e. The van der Waals surface area contributed by atoms with Crippen LogP contribution in [-0.4, -0.2) is 41.2 Å². The van der Waals surface area contributed by atoms with Crippen LogP contribution < -0.4 is 8.92 Å². The van der Waals surface area contributed by atoms with Gasteiger partial charge >= 0.3 is 5.97 Å². The quantitative estimate of drug-likeness (QED) is 0.427. The van der Waals surface area contributed by atoms with Crippen molar-refractivity contribution in [2.75, 3.05) is 6.61 Å². The third-order valence-corrected chi connectivity index (χ3v) is 8.18. The summed E-state index contributed by atoms with van der Waals surface area (Å²) in [5.41, 5.74) is 7.21. The molecule has 0 radical (unpaired) electrons. The molecular formula is C27H26N4O5S. The fourth-order valence-electron chi connectivity index (χ4n) is 5.16. The van der Waals surface area contributed by atoms with Crippen molar-refractivity contribution in [2.45, 2.75) is 45.8 Å². The molecule has 190 valence electrons. The molecule has 1 aromatic heterocycles. The average molecular weight is 519 g/mol. The van der Waals surface area contributed by atoms with Crippen LogP contribution in [0.1, 0.15) is 45.7 Å². The molecule has 3 aliphatic rings. The van der Waals surface area contributed by atoms with Gasteiger partial charge in [0.1, 0.15) is 23.6 Å². The Morgan fingerprint density at radius 2 is 1.95 bits per heavy atom. The number of hydrogen-bond donors (Lipinski definition) is 1. The van der Waals surface area contributed by atoms with Gasteiger partial charge in [0.25, 0.3) is 11.3 Å². The molecule has 9 bridgehead atoms. The second-order valence-corrected chi connectivity index (χ2v) is 10.6. The van der Waals surface area contributed by atoms with E-state index >= 15 is 0 Å². The van der Waals surface area contributed by atoms with Crippen molar-refractivity contribution < 1.29 is 23.0 Å². The van der Waals surface area contributed by atoms with Crippen LogP contribution in [-0.2, 0) is 35.7 Å². The second kappa shape index (κ2) is 9.28. The van der Waals surface area contributed by atoms with Crippen LogP contribution in [0.25, 0.3) is 11.0 Å². The summed E-state index contributed by atoms with van der Waals surface area (Å²) < 4.78 is 28.2. The number of aromatic nitrogens is 3. The molecule has 4 heterocycles. The van der Waals surface area contributed by atoms with Gasteiger partial charge in [0.05, 0.1) is 18.5 Å². The Morgan fingerprint density at radius 3 is 2.78 bits per heavy atom. The van der Waals surface area contributed by atoms with Crippen molar-refractivity contribution in [3.8, 4) is 11.5 Å². The number of rotatable bonds is 2. The predicted molar refractivity (Wildman–Crippen MR) is 137 cm³/mol. The highest BCUT2D eigenvalue weighted by atomic mass is 32.2. The predicted octanol–water partition coefficient (Wildman–Crippen LogP) is 4.02. The molecule has 0 spiro atoms. The zero-order chi connectivity index (χ0) is 25.7. The highest BCUT2D eigenvalue weighted by Crippen LogP contribution is 2.36. The van der Waals surface area contributed by atoms with E-state index < -0.39 is 17.2 Å². The molecule has 0 fully saturated rings. The van der Waals surface area contributed by atoms with E-state index in [9.17, 15) is 14.1 Å². The van der Waals surface area contributed by atoms with Gasteiger partial charge in [-0.15, -0.1) is 5.10 Å². The van der Waals surface area contributed by atoms with Crippen LogP contribution in [0.15, 0.2) is 48.5 Å².